The van der Waals surface area contributed by atoms with Crippen LogP contribution in [0.25, 0.3) is 0 Å². The molecule has 0 aliphatic carbocycles. The van der Waals surface area contributed by atoms with E-state index in [4.69, 9.17) is 5.26 Å². The third-order valence-corrected chi connectivity index (χ3v) is 2.25. The molecule has 1 amide bonds. The van der Waals surface area contributed by atoms with Crippen molar-refractivity contribution in [2.24, 2.45) is 0 Å². The molecule has 80 valence electrons. The minimum Gasteiger partial charge on any atom is -0.348 e. The Labute approximate surface area is 86.1 Å². The lowest BCUT2D eigenvalue weighted by Crippen LogP contribution is -2.41. The zero-order valence-electron chi connectivity index (χ0n) is 9.45. The van der Waals surface area contributed by atoms with E-state index in [1.54, 1.807) is 19.0 Å². The van der Waals surface area contributed by atoms with Gasteiger partial charge in [0.1, 0.15) is 0 Å². The molecule has 0 aromatic carbocycles. The van der Waals surface area contributed by atoms with Crippen LogP contribution in [0.3, 0.4) is 0 Å². The highest BCUT2D eigenvalue weighted by Crippen LogP contribution is 2.02. The summed E-state index contributed by atoms with van der Waals surface area (Å²) >= 11 is 0. The average Bonchev–Trinajstić information content (AvgIpc) is 2.13. The molecule has 0 heterocycles. The van der Waals surface area contributed by atoms with E-state index in [1.807, 2.05) is 18.7 Å². The molecule has 4 nitrogen and oxygen atoms in total. The molecule has 0 aromatic heterocycles. The number of carbonyl (C=O) groups excluding carboxylic acids is 1. The van der Waals surface area contributed by atoms with Crippen molar-refractivity contribution >= 4 is 5.91 Å². The van der Waals surface area contributed by atoms with Crippen molar-refractivity contribution in [3.8, 4) is 6.07 Å². The summed E-state index contributed by atoms with van der Waals surface area (Å²) in [6.07, 6.45) is 0.467. The van der Waals surface area contributed by atoms with Crippen molar-refractivity contribution in [3.63, 3.8) is 0 Å². The van der Waals surface area contributed by atoms with Gasteiger partial charge in [0.2, 0.25) is 5.91 Å². The lowest BCUT2D eigenvalue weighted by Gasteiger charge is -2.26. The van der Waals surface area contributed by atoms with Crippen LogP contribution in [0, 0.1) is 11.3 Å². The maximum absolute atomic E-state index is 11.4. The standard InChI is InChI=1S/C10H19N3O/c1-5-13(9(2)6-7-11)8-10(14)12(3)4/h9H,5-6,8H2,1-4H3. The second kappa shape index (κ2) is 6.39. The van der Waals surface area contributed by atoms with Crippen molar-refractivity contribution in [2.75, 3.05) is 27.2 Å². The number of hydrogen-bond acceptors (Lipinski definition) is 3. The van der Waals surface area contributed by atoms with Crippen molar-refractivity contribution in [1.82, 2.24) is 9.80 Å². The summed E-state index contributed by atoms with van der Waals surface area (Å²) in [4.78, 5) is 15.0. The van der Waals surface area contributed by atoms with E-state index in [0.29, 0.717) is 13.0 Å². The van der Waals surface area contributed by atoms with E-state index in [-0.39, 0.29) is 11.9 Å². The van der Waals surface area contributed by atoms with E-state index in [0.717, 1.165) is 6.54 Å². The number of rotatable bonds is 5. The molecule has 1 atom stereocenters. The summed E-state index contributed by atoms with van der Waals surface area (Å²) in [7, 11) is 3.48. The van der Waals surface area contributed by atoms with Gasteiger partial charge in [0.15, 0.2) is 0 Å². The molecule has 1 unspecified atom stereocenters. The van der Waals surface area contributed by atoms with Crippen LogP contribution >= 0.6 is 0 Å². The molecule has 14 heavy (non-hydrogen) atoms. The lowest BCUT2D eigenvalue weighted by molar-refractivity contribution is -0.130. The Morgan fingerprint density at radius 1 is 1.50 bits per heavy atom. The van der Waals surface area contributed by atoms with Crippen molar-refractivity contribution in [3.05, 3.63) is 0 Å². The van der Waals surface area contributed by atoms with Crippen molar-refractivity contribution in [2.45, 2.75) is 26.3 Å². The number of nitriles is 1. The molecule has 0 aliphatic heterocycles. The maximum Gasteiger partial charge on any atom is 0.236 e. The second-order valence-corrected chi connectivity index (χ2v) is 3.56. The summed E-state index contributed by atoms with van der Waals surface area (Å²) in [6.45, 7) is 5.15. The van der Waals surface area contributed by atoms with Crippen molar-refractivity contribution < 1.29 is 4.79 Å². The third-order valence-electron chi connectivity index (χ3n) is 2.25. The van der Waals surface area contributed by atoms with Gasteiger partial charge in [-0.05, 0) is 13.5 Å². The lowest BCUT2D eigenvalue weighted by atomic mass is 10.2. The van der Waals surface area contributed by atoms with Gasteiger partial charge in [-0.3, -0.25) is 9.69 Å². The number of carbonyl (C=O) groups is 1. The minimum absolute atomic E-state index is 0.0802. The molecular weight excluding hydrogens is 178 g/mol. The Morgan fingerprint density at radius 3 is 2.43 bits per heavy atom. The van der Waals surface area contributed by atoms with Gasteiger partial charge >= 0.3 is 0 Å². The molecule has 0 bridgehead atoms. The van der Waals surface area contributed by atoms with Crippen LogP contribution in [0.5, 0.6) is 0 Å². The van der Waals surface area contributed by atoms with Gasteiger partial charge in [0, 0.05) is 20.1 Å². The van der Waals surface area contributed by atoms with Gasteiger partial charge in [0.25, 0.3) is 0 Å². The zero-order valence-corrected chi connectivity index (χ0v) is 9.45. The zero-order chi connectivity index (χ0) is 11.1. The number of nitrogens with zero attached hydrogens (tertiary/aromatic N) is 3. The van der Waals surface area contributed by atoms with Crippen molar-refractivity contribution in [1.29, 1.82) is 5.26 Å². The Morgan fingerprint density at radius 2 is 2.07 bits per heavy atom. The molecule has 0 rings (SSSR count). The van der Waals surface area contributed by atoms with Gasteiger partial charge in [-0.2, -0.15) is 5.26 Å². The SMILES string of the molecule is CCN(CC(=O)N(C)C)C(C)CC#N. The average molecular weight is 197 g/mol. The van der Waals surface area contributed by atoms with Gasteiger partial charge in [0.05, 0.1) is 19.0 Å². The Bertz CT molecular complexity index is 220. The second-order valence-electron chi connectivity index (χ2n) is 3.56. The highest BCUT2D eigenvalue weighted by molar-refractivity contribution is 5.77. The molecule has 0 aromatic rings. The molecule has 0 aliphatic rings. The predicted molar refractivity (Wildman–Crippen MR) is 55.6 cm³/mol. The molecular formula is C10H19N3O. The van der Waals surface area contributed by atoms with Crippen LogP contribution < -0.4 is 0 Å². The van der Waals surface area contributed by atoms with E-state index < -0.39 is 0 Å². The first-order valence-corrected chi connectivity index (χ1v) is 4.84. The van der Waals surface area contributed by atoms with Gasteiger partial charge < -0.3 is 4.90 Å². The monoisotopic (exact) mass is 197 g/mol. The van der Waals surface area contributed by atoms with Gasteiger partial charge in [-0.25, -0.2) is 0 Å². The molecule has 0 spiro atoms. The topological polar surface area (TPSA) is 47.3 Å². The highest BCUT2D eigenvalue weighted by Gasteiger charge is 2.15. The fourth-order valence-corrected chi connectivity index (χ4v) is 1.16. The van der Waals surface area contributed by atoms with Gasteiger partial charge in [-0.15, -0.1) is 0 Å². The molecule has 0 saturated heterocycles. The summed E-state index contributed by atoms with van der Waals surface area (Å²) in [5, 5.41) is 8.55. The molecule has 0 radical (unpaired) electrons. The number of likely N-dealkylation sites (N-methyl/N-ethyl adjacent to an activating group) is 2. The number of hydrogen-bond donors (Lipinski definition) is 0. The van der Waals surface area contributed by atoms with Crippen LogP contribution in [0.2, 0.25) is 0 Å². The summed E-state index contributed by atoms with van der Waals surface area (Å²) in [5.74, 6) is 0.0802. The Kier molecular flexibility index (Phi) is 5.89. The van der Waals surface area contributed by atoms with E-state index in [9.17, 15) is 4.79 Å². The number of amides is 1. The Balaban J connectivity index is 4.16. The van der Waals surface area contributed by atoms with Gasteiger partial charge in [-0.1, -0.05) is 6.92 Å². The predicted octanol–water partition coefficient (Wildman–Crippen LogP) is 0.699. The summed E-state index contributed by atoms with van der Waals surface area (Å²) < 4.78 is 0. The first kappa shape index (κ1) is 12.9. The van der Waals surface area contributed by atoms with Crippen LogP contribution in [0.15, 0.2) is 0 Å². The highest BCUT2D eigenvalue weighted by atomic mass is 16.2. The smallest absolute Gasteiger partial charge is 0.236 e. The first-order valence-electron chi connectivity index (χ1n) is 4.84. The minimum atomic E-state index is 0.0802. The fraction of sp³-hybridized carbons (Fsp3) is 0.800. The molecule has 0 saturated carbocycles. The third kappa shape index (κ3) is 4.24. The molecule has 4 heteroatoms. The van der Waals surface area contributed by atoms with Crippen LogP contribution in [-0.2, 0) is 4.79 Å². The fourth-order valence-electron chi connectivity index (χ4n) is 1.16. The van der Waals surface area contributed by atoms with E-state index in [1.165, 1.54) is 0 Å². The maximum atomic E-state index is 11.4. The largest absolute Gasteiger partial charge is 0.348 e. The van der Waals surface area contributed by atoms with E-state index in [2.05, 4.69) is 6.07 Å². The Hall–Kier alpha value is -1.08. The summed E-state index contributed by atoms with van der Waals surface area (Å²) in [6, 6.07) is 2.27. The van der Waals surface area contributed by atoms with Crippen LogP contribution in [0.4, 0.5) is 0 Å². The molecule has 0 fully saturated rings. The quantitative estimate of drug-likeness (QED) is 0.651. The van der Waals surface area contributed by atoms with E-state index >= 15 is 0 Å². The normalized spacial score (nSPS) is 12.3. The summed E-state index contributed by atoms with van der Waals surface area (Å²) in [5.41, 5.74) is 0. The first-order chi connectivity index (χ1) is 6.52. The van der Waals surface area contributed by atoms with Crippen LogP contribution in [-0.4, -0.2) is 48.9 Å². The van der Waals surface area contributed by atoms with Crippen LogP contribution in [0.1, 0.15) is 20.3 Å². The molecule has 0 N–H and O–H groups in total.